The molecule has 0 spiro atoms. The zero-order chi connectivity index (χ0) is 20.3. The van der Waals surface area contributed by atoms with Crippen molar-refractivity contribution >= 4 is 0 Å². The number of ether oxygens (including phenoxy) is 4. The van der Waals surface area contributed by atoms with Crippen LogP contribution in [-0.2, 0) is 22.5 Å². The molecule has 0 N–H and O–H groups in total. The second-order valence-corrected chi connectivity index (χ2v) is 6.71. The molecule has 0 aliphatic carbocycles. The highest BCUT2D eigenvalue weighted by Crippen LogP contribution is 2.32. The van der Waals surface area contributed by atoms with Crippen LogP contribution in [0.15, 0.2) is 78.9 Å². The van der Waals surface area contributed by atoms with Crippen LogP contribution in [0, 0.1) is 0 Å². The van der Waals surface area contributed by atoms with E-state index < -0.39 is 0 Å². The second kappa shape index (κ2) is 11.2. The molecule has 0 heterocycles. The van der Waals surface area contributed by atoms with Crippen LogP contribution in [0.2, 0.25) is 0 Å². The normalized spacial score (nSPS) is 10.9. The third-order valence-electron chi connectivity index (χ3n) is 4.69. The lowest BCUT2D eigenvalue weighted by Gasteiger charge is -2.18. The van der Waals surface area contributed by atoms with Gasteiger partial charge in [-0.25, -0.2) is 0 Å². The largest absolute Gasteiger partial charge is 0.493 e. The van der Waals surface area contributed by atoms with Crippen molar-refractivity contribution in [2.75, 3.05) is 20.8 Å². The van der Waals surface area contributed by atoms with Gasteiger partial charge in [-0.2, -0.15) is 0 Å². The number of rotatable bonds is 11. The molecule has 0 aromatic heterocycles. The van der Waals surface area contributed by atoms with Gasteiger partial charge in [-0.3, -0.25) is 0 Å². The van der Waals surface area contributed by atoms with Gasteiger partial charge >= 0.3 is 0 Å². The Kier molecular flexibility index (Phi) is 8.11. The average molecular weight is 392 g/mol. The molecule has 0 saturated heterocycles. The minimum Gasteiger partial charge on any atom is -0.493 e. The molecule has 0 aliphatic rings. The minimum absolute atomic E-state index is 0.273. The molecule has 4 nitrogen and oxygen atoms in total. The van der Waals surface area contributed by atoms with Crippen molar-refractivity contribution in [2.24, 2.45) is 0 Å². The van der Waals surface area contributed by atoms with Gasteiger partial charge in [0.1, 0.15) is 18.1 Å². The Balaban J connectivity index is 1.78. The van der Waals surface area contributed by atoms with E-state index in [1.165, 1.54) is 5.56 Å². The first-order valence-electron chi connectivity index (χ1n) is 9.81. The summed E-state index contributed by atoms with van der Waals surface area (Å²) in [6.07, 6.45) is 1.11. The summed E-state index contributed by atoms with van der Waals surface area (Å²) in [4.78, 5) is 0. The molecule has 4 heteroatoms. The Morgan fingerprint density at radius 1 is 0.655 bits per heavy atom. The van der Waals surface area contributed by atoms with Crippen LogP contribution in [0.5, 0.6) is 11.5 Å². The Labute approximate surface area is 173 Å². The number of benzene rings is 3. The van der Waals surface area contributed by atoms with Crippen molar-refractivity contribution in [3.05, 3.63) is 95.6 Å². The Hall–Kier alpha value is -2.82. The third-order valence-corrected chi connectivity index (χ3v) is 4.69. The van der Waals surface area contributed by atoms with Crippen molar-refractivity contribution < 1.29 is 18.9 Å². The van der Waals surface area contributed by atoms with Gasteiger partial charge in [0.05, 0.1) is 6.61 Å². The molecule has 29 heavy (non-hydrogen) atoms. The lowest BCUT2D eigenvalue weighted by Crippen LogP contribution is -2.17. The van der Waals surface area contributed by atoms with Crippen LogP contribution in [0.1, 0.15) is 23.1 Å². The smallest absolute Gasteiger partial charge is 0.160 e. The van der Waals surface area contributed by atoms with Gasteiger partial charge in [0.25, 0.3) is 0 Å². The molecule has 152 valence electrons. The molecule has 3 aromatic rings. The van der Waals surface area contributed by atoms with Gasteiger partial charge < -0.3 is 18.9 Å². The maximum Gasteiger partial charge on any atom is 0.160 e. The van der Waals surface area contributed by atoms with Gasteiger partial charge in [0, 0.05) is 32.6 Å². The Bertz CT molecular complexity index is 845. The molecule has 3 aromatic carbocycles. The lowest BCUT2D eigenvalue weighted by molar-refractivity contribution is -0.110. The van der Waals surface area contributed by atoms with Crippen molar-refractivity contribution in [2.45, 2.75) is 25.7 Å². The number of methoxy groups -OCH3 is 2. The molecule has 3 rings (SSSR count). The molecule has 0 bridgehead atoms. The molecule has 0 radical (unpaired) electrons. The summed E-state index contributed by atoms with van der Waals surface area (Å²) < 4.78 is 22.8. The zero-order valence-electron chi connectivity index (χ0n) is 17.0. The standard InChI is InChI=1S/C25H28O4/c1-26-25(27-2)16-17-28-23-14-9-15-24(29-19-21-12-7-4-8-13-21)22(23)18-20-10-5-3-6-11-20/h3-15,25H,16-19H2,1-2H3. The third kappa shape index (κ3) is 6.34. The van der Waals surface area contributed by atoms with E-state index in [1.807, 2.05) is 54.6 Å². The van der Waals surface area contributed by atoms with Gasteiger partial charge in [-0.1, -0.05) is 66.7 Å². The number of hydrogen-bond donors (Lipinski definition) is 0. The molecular formula is C25H28O4. The van der Waals surface area contributed by atoms with Crippen molar-refractivity contribution in [1.82, 2.24) is 0 Å². The van der Waals surface area contributed by atoms with E-state index >= 15 is 0 Å². The van der Waals surface area contributed by atoms with E-state index in [1.54, 1.807) is 14.2 Å². The van der Waals surface area contributed by atoms with Crippen LogP contribution in [0.4, 0.5) is 0 Å². The molecule has 0 amide bonds. The maximum absolute atomic E-state index is 6.18. The fourth-order valence-electron chi connectivity index (χ4n) is 3.12. The summed E-state index contributed by atoms with van der Waals surface area (Å²) in [5.74, 6) is 1.66. The van der Waals surface area contributed by atoms with E-state index in [-0.39, 0.29) is 6.29 Å². The number of hydrogen-bond acceptors (Lipinski definition) is 4. The van der Waals surface area contributed by atoms with E-state index in [0.29, 0.717) is 19.6 Å². The van der Waals surface area contributed by atoms with Crippen LogP contribution in [-0.4, -0.2) is 27.1 Å². The molecule has 0 unspecified atom stereocenters. The summed E-state index contributed by atoms with van der Waals surface area (Å²) in [5, 5.41) is 0. The Morgan fingerprint density at radius 2 is 1.24 bits per heavy atom. The predicted molar refractivity (Wildman–Crippen MR) is 114 cm³/mol. The quantitative estimate of drug-likeness (QED) is 0.418. The molecule has 0 fully saturated rings. The van der Waals surface area contributed by atoms with Gasteiger partial charge in [0.15, 0.2) is 6.29 Å². The molecular weight excluding hydrogens is 364 g/mol. The lowest BCUT2D eigenvalue weighted by atomic mass is 10.0. The van der Waals surface area contributed by atoms with Crippen molar-refractivity contribution in [1.29, 1.82) is 0 Å². The first-order valence-corrected chi connectivity index (χ1v) is 9.81. The maximum atomic E-state index is 6.18. The highest BCUT2D eigenvalue weighted by Gasteiger charge is 2.13. The summed E-state index contributed by atoms with van der Waals surface area (Å²) in [6.45, 7) is 1.01. The average Bonchev–Trinajstić information content (AvgIpc) is 2.78. The monoisotopic (exact) mass is 392 g/mol. The van der Waals surface area contributed by atoms with Gasteiger partial charge in [-0.15, -0.1) is 0 Å². The highest BCUT2D eigenvalue weighted by atomic mass is 16.7. The Morgan fingerprint density at radius 3 is 1.86 bits per heavy atom. The SMILES string of the molecule is COC(CCOc1cccc(OCc2ccccc2)c1Cc1ccccc1)OC. The van der Waals surface area contributed by atoms with Gasteiger partial charge in [-0.05, 0) is 23.3 Å². The second-order valence-electron chi connectivity index (χ2n) is 6.71. The summed E-state index contributed by atoms with van der Waals surface area (Å²) in [6, 6.07) is 26.5. The summed E-state index contributed by atoms with van der Waals surface area (Å²) in [7, 11) is 3.26. The van der Waals surface area contributed by atoms with Crippen LogP contribution < -0.4 is 9.47 Å². The fourth-order valence-corrected chi connectivity index (χ4v) is 3.12. The van der Waals surface area contributed by atoms with Crippen LogP contribution in [0.25, 0.3) is 0 Å². The van der Waals surface area contributed by atoms with Crippen LogP contribution in [0.3, 0.4) is 0 Å². The van der Waals surface area contributed by atoms with Crippen molar-refractivity contribution in [3.63, 3.8) is 0 Å². The highest BCUT2D eigenvalue weighted by molar-refractivity contribution is 5.47. The fraction of sp³-hybridized carbons (Fsp3) is 0.280. The zero-order valence-corrected chi connectivity index (χ0v) is 17.0. The van der Waals surface area contributed by atoms with E-state index in [9.17, 15) is 0 Å². The summed E-state index contributed by atoms with van der Waals surface area (Å²) >= 11 is 0. The molecule has 0 saturated carbocycles. The molecule has 0 aliphatic heterocycles. The summed E-state index contributed by atoms with van der Waals surface area (Å²) in [5.41, 5.74) is 3.38. The first-order chi connectivity index (χ1) is 14.3. The minimum atomic E-state index is -0.273. The topological polar surface area (TPSA) is 36.9 Å². The van der Waals surface area contributed by atoms with Gasteiger partial charge in [0.2, 0.25) is 0 Å². The van der Waals surface area contributed by atoms with Crippen molar-refractivity contribution in [3.8, 4) is 11.5 Å². The molecule has 0 atom stereocenters. The predicted octanol–water partition coefficient (Wildman–Crippen LogP) is 5.24. The van der Waals surface area contributed by atoms with E-state index in [4.69, 9.17) is 18.9 Å². The van der Waals surface area contributed by atoms with E-state index in [2.05, 4.69) is 24.3 Å². The van der Waals surface area contributed by atoms with Crippen LogP contribution >= 0.6 is 0 Å². The first kappa shape index (κ1) is 20.9. The van der Waals surface area contributed by atoms with E-state index in [0.717, 1.165) is 29.0 Å².